The molecule has 5 nitrogen and oxygen atoms in total. The highest BCUT2D eigenvalue weighted by molar-refractivity contribution is 5.77. The standard InChI is InChI=1S/C25H32N2O3/c1-2-30-23-11-7-6-10-21(23)13-15-25(29)27-18-16-22(17-19-27)26-24(28)14-12-20-8-4-3-5-9-20/h3-11,22H,2,12-19H2,1H3,(H,26,28). The number of nitrogens with one attached hydrogen (secondary N) is 1. The molecule has 5 heteroatoms. The van der Waals surface area contributed by atoms with Crippen LogP contribution in [-0.4, -0.2) is 42.5 Å². The molecule has 160 valence electrons. The van der Waals surface area contributed by atoms with Crippen LogP contribution in [0, 0.1) is 0 Å². The van der Waals surface area contributed by atoms with Crippen molar-refractivity contribution in [2.24, 2.45) is 0 Å². The Balaban J connectivity index is 1.37. The van der Waals surface area contributed by atoms with Crippen molar-refractivity contribution in [3.05, 3.63) is 65.7 Å². The third-order valence-electron chi connectivity index (χ3n) is 5.58. The van der Waals surface area contributed by atoms with Gasteiger partial charge in [0.2, 0.25) is 11.8 Å². The van der Waals surface area contributed by atoms with Crippen LogP contribution < -0.4 is 10.1 Å². The number of hydrogen-bond acceptors (Lipinski definition) is 3. The zero-order valence-corrected chi connectivity index (χ0v) is 17.8. The van der Waals surface area contributed by atoms with Gasteiger partial charge >= 0.3 is 0 Å². The fraction of sp³-hybridized carbons (Fsp3) is 0.440. The first-order chi connectivity index (χ1) is 14.7. The molecular weight excluding hydrogens is 376 g/mol. The zero-order valence-electron chi connectivity index (χ0n) is 17.8. The van der Waals surface area contributed by atoms with Gasteiger partial charge in [-0.15, -0.1) is 0 Å². The summed E-state index contributed by atoms with van der Waals surface area (Å²) in [6.45, 7) is 3.99. The number of piperidine rings is 1. The lowest BCUT2D eigenvalue weighted by Gasteiger charge is -2.32. The highest BCUT2D eigenvalue weighted by atomic mass is 16.5. The van der Waals surface area contributed by atoms with Crippen LogP contribution in [0.4, 0.5) is 0 Å². The van der Waals surface area contributed by atoms with Crippen molar-refractivity contribution in [1.82, 2.24) is 10.2 Å². The van der Waals surface area contributed by atoms with Gasteiger partial charge in [0.15, 0.2) is 0 Å². The Hall–Kier alpha value is -2.82. The third-order valence-corrected chi connectivity index (χ3v) is 5.58. The molecule has 1 heterocycles. The number of rotatable bonds is 9. The minimum atomic E-state index is 0.0937. The molecule has 2 amide bonds. The summed E-state index contributed by atoms with van der Waals surface area (Å²) in [6.07, 6.45) is 4.07. The van der Waals surface area contributed by atoms with Crippen molar-refractivity contribution < 1.29 is 14.3 Å². The van der Waals surface area contributed by atoms with Gasteiger partial charge in [0, 0.05) is 32.0 Å². The maximum absolute atomic E-state index is 12.6. The van der Waals surface area contributed by atoms with Crippen LogP contribution in [0.1, 0.15) is 43.7 Å². The summed E-state index contributed by atoms with van der Waals surface area (Å²) < 4.78 is 5.65. The summed E-state index contributed by atoms with van der Waals surface area (Å²) in [6, 6.07) is 18.1. The van der Waals surface area contributed by atoms with Crippen molar-refractivity contribution in [2.75, 3.05) is 19.7 Å². The monoisotopic (exact) mass is 408 g/mol. The van der Waals surface area contributed by atoms with E-state index < -0.39 is 0 Å². The lowest BCUT2D eigenvalue weighted by atomic mass is 10.0. The van der Waals surface area contributed by atoms with E-state index in [-0.39, 0.29) is 17.9 Å². The number of nitrogens with zero attached hydrogens (tertiary/aromatic N) is 1. The van der Waals surface area contributed by atoms with Crippen LogP contribution in [0.15, 0.2) is 54.6 Å². The molecule has 0 aromatic heterocycles. The Labute approximate surface area is 179 Å². The van der Waals surface area contributed by atoms with Gasteiger partial charge in [-0.25, -0.2) is 0 Å². The summed E-state index contributed by atoms with van der Waals surface area (Å²) in [5.74, 6) is 1.14. The summed E-state index contributed by atoms with van der Waals surface area (Å²) in [7, 11) is 0. The zero-order chi connectivity index (χ0) is 21.2. The number of hydrogen-bond donors (Lipinski definition) is 1. The topological polar surface area (TPSA) is 58.6 Å². The molecule has 1 fully saturated rings. The van der Waals surface area contributed by atoms with Crippen molar-refractivity contribution >= 4 is 11.8 Å². The molecule has 1 N–H and O–H groups in total. The van der Waals surface area contributed by atoms with Crippen LogP contribution >= 0.6 is 0 Å². The van der Waals surface area contributed by atoms with Crippen molar-refractivity contribution in [1.29, 1.82) is 0 Å². The molecule has 0 atom stereocenters. The van der Waals surface area contributed by atoms with Gasteiger partial charge in [-0.1, -0.05) is 48.5 Å². The summed E-state index contributed by atoms with van der Waals surface area (Å²) >= 11 is 0. The Morgan fingerprint density at radius 2 is 1.67 bits per heavy atom. The van der Waals surface area contributed by atoms with E-state index in [2.05, 4.69) is 5.32 Å². The van der Waals surface area contributed by atoms with E-state index >= 15 is 0 Å². The van der Waals surface area contributed by atoms with Gasteiger partial charge in [0.25, 0.3) is 0 Å². The number of carbonyl (C=O) groups excluding carboxylic acids is 2. The van der Waals surface area contributed by atoms with Gasteiger partial charge in [-0.2, -0.15) is 0 Å². The van der Waals surface area contributed by atoms with E-state index in [1.165, 1.54) is 5.56 Å². The first-order valence-corrected chi connectivity index (χ1v) is 11.0. The van der Waals surface area contributed by atoms with Gasteiger partial charge in [-0.05, 0) is 49.8 Å². The fourth-order valence-corrected chi connectivity index (χ4v) is 3.88. The SMILES string of the molecule is CCOc1ccccc1CCC(=O)N1CCC(NC(=O)CCc2ccccc2)CC1. The second-order valence-electron chi connectivity index (χ2n) is 7.75. The second kappa shape index (κ2) is 11.4. The summed E-state index contributed by atoms with van der Waals surface area (Å²) in [5, 5.41) is 3.13. The van der Waals surface area contributed by atoms with Crippen molar-refractivity contribution in [2.45, 2.75) is 51.5 Å². The van der Waals surface area contributed by atoms with Crippen molar-refractivity contribution in [3.8, 4) is 5.75 Å². The number of likely N-dealkylation sites (tertiary alicyclic amines) is 1. The molecule has 0 aliphatic carbocycles. The highest BCUT2D eigenvalue weighted by Gasteiger charge is 2.23. The number of carbonyl (C=O) groups is 2. The molecule has 0 unspecified atom stereocenters. The van der Waals surface area contributed by atoms with E-state index in [4.69, 9.17) is 4.74 Å². The molecule has 2 aromatic rings. The van der Waals surface area contributed by atoms with Gasteiger partial charge < -0.3 is 15.0 Å². The van der Waals surface area contributed by atoms with Crippen LogP contribution in [-0.2, 0) is 22.4 Å². The van der Waals surface area contributed by atoms with Crippen LogP contribution in [0.2, 0.25) is 0 Å². The average molecular weight is 409 g/mol. The van der Waals surface area contributed by atoms with Crippen LogP contribution in [0.25, 0.3) is 0 Å². The Morgan fingerprint density at radius 3 is 2.40 bits per heavy atom. The van der Waals surface area contributed by atoms with Crippen molar-refractivity contribution in [3.63, 3.8) is 0 Å². The van der Waals surface area contributed by atoms with Gasteiger partial charge in [0.1, 0.15) is 5.75 Å². The predicted molar refractivity (Wildman–Crippen MR) is 118 cm³/mol. The first kappa shape index (κ1) is 21.9. The van der Waals surface area contributed by atoms with E-state index in [0.29, 0.717) is 39.0 Å². The van der Waals surface area contributed by atoms with Gasteiger partial charge in [0.05, 0.1) is 6.61 Å². The quantitative estimate of drug-likeness (QED) is 0.687. The predicted octanol–water partition coefficient (Wildman–Crippen LogP) is 3.76. The van der Waals surface area contributed by atoms with Gasteiger partial charge in [-0.3, -0.25) is 9.59 Å². The molecule has 0 radical (unpaired) electrons. The maximum Gasteiger partial charge on any atom is 0.222 e. The molecule has 1 aliphatic heterocycles. The number of para-hydroxylation sites is 1. The smallest absolute Gasteiger partial charge is 0.222 e. The Morgan fingerprint density at radius 1 is 0.967 bits per heavy atom. The van der Waals surface area contributed by atoms with E-state index in [1.807, 2.05) is 66.4 Å². The Bertz CT molecular complexity index is 814. The summed E-state index contributed by atoms with van der Waals surface area (Å²) in [5.41, 5.74) is 2.26. The highest BCUT2D eigenvalue weighted by Crippen LogP contribution is 2.20. The lowest BCUT2D eigenvalue weighted by Crippen LogP contribution is -2.46. The van der Waals surface area contributed by atoms with E-state index in [9.17, 15) is 9.59 Å². The second-order valence-corrected chi connectivity index (χ2v) is 7.75. The average Bonchev–Trinajstić information content (AvgIpc) is 2.78. The maximum atomic E-state index is 12.6. The number of aryl methyl sites for hydroxylation is 2. The number of benzene rings is 2. The minimum Gasteiger partial charge on any atom is -0.494 e. The number of ether oxygens (including phenoxy) is 1. The molecule has 30 heavy (non-hydrogen) atoms. The van der Waals surface area contributed by atoms with Crippen LogP contribution in [0.3, 0.4) is 0 Å². The van der Waals surface area contributed by atoms with E-state index in [0.717, 1.165) is 30.6 Å². The largest absolute Gasteiger partial charge is 0.494 e. The molecule has 0 saturated carbocycles. The molecule has 0 spiro atoms. The fourth-order valence-electron chi connectivity index (χ4n) is 3.88. The molecule has 2 aromatic carbocycles. The normalized spacial score (nSPS) is 14.4. The minimum absolute atomic E-state index is 0.0937. The third kappa shape index (κ3) is 6.61. The molecular formula is C25H32N2O3. The molecule has 1 saturated heterocycles. The van der Waals surface area contributed by atoms with Crippen LogP contribution in [0.5, 0.6) is 5.75 Å². The Kier molecular flexibility index (Phi) is 8.30. The molecule has 1 aliphatic rings. The molecule has 3 rings (SSSR count). The molecule has 0 bridgehead atoms. The lowest BCUT2D eigenvalue weighted by molar-refractivity contribution is -0.132. The van der Waals surface area contributed by atoms with E-state index in [1.54, 1.807) is 0 Å². The first-order valence-electron chi connectivity index (χ1n) is 11.0. The summed E-state index contributed by atoms with van der Waals surface area (Å²) in [4.78, 5) is 26.8. The number of amides is 2.